The van der Waals surface area contributed by atoms with Crippen molar-refractivity contribution in [1.82, 2.24) is 9.21 Å². The lowest BCUT2D eigenvalue weighted by Gasteiger charge is -2.33. The third-order valence-electron chi connectivity index (χ3n) is 4.61. The first kappa shape index (κ1) is 22.5. The van der Waals surface area contributed by atoms with Crippen molar-refractivity contribution in [3.63, 3.8) is 0 Å². The molecule has 162 valence electrons. The Kier molecular flexibility index (Phi) is 6.71. The topological polar surface area (TPSA) is 69.7 Å². The number of nitrogens with zero attached hydrogens (tertiary/aromatic N) is 2. The Balaban J connectivity index is 1.59. The molecule has 1 aliphatic rings. The average molecular weight is 462 g/mol. The van der Waals surface area contributed by atoms with Gasteiger partial charge in [0.1, 0.15) is 0 Å². The summed E-state index contributed by atoms with van der Waals surface area (Å²) in [6, 6.07) is 10.4. The number of carbonyl (C=O) groups is 1. The molecule has 1 aliphatic heterocycles. The number of alkyl halides is 3. The third-order valence-corrected chi connectivity index (χ3v) is 6.74. The lowest BCUT2D eigenvalue weighted by atomic mass is 10.2. The maximum atomic E-state index is 12.9. The van der Waals surface area contributed by atoms with Crippen LogP contribution in [0.5, 0.6) is 0 Å². The van der Waals surface area contributed by atoms with Gasteiger partial charge in [-0.25, -0.2) is 8.42 Å². The molecule has 1 amide bonds. The van der Waals surface area contributed by atoms with Crippen LogP contribution in [0.1, 0.15) is 5.56 Å². The summed E-state index contributed by atoms with van der Waals surface area (Å²) in [7, 11) is -4.06. The van der Waals surface area contributed by atoms with Crippen LogP contribution in [0.15, 0.2) is 53.4 Å². The Hall–Kier alpha value is -2.14. The van der Waals surface area contributed by atoms with Gasteiger partial charge in [-0.1, -0.05) is 23.7 Å². The number of piperazine rings is 1. The van der Waals surface area contributed by atoms with E-state index in [4.69, 9.17) is 11.6 Å². The van der Waals surface area contributed by atoms with Crippen LogP contribution >= 0.6 is 11.6 Å². The fraction of sp³-hybridized carbons (Fsp3) is 0.316. The number of carbonyl (C=O) groups excluding carboxylic acids is 1. The second-order valence-corrected chi connectivity index (χ2v) is 9.14. The van der Waals surface area contributed by atoms with Gasteiger partial charge in [-0.15, -0.1) is 0 Å². The van der Waals surface area contributed by atoms with Gasteiger partial charge < -0.3 is 5.32 Å². The van der Waals surface area contributed by atoms with Crippen LogP contribution in [0.25, 0.3) is 0 Å². The molecule has 0 atom stereocenters. The molecule has 2 aromatic rings. The highest BCUT2D eigenvalue weighted by molar-refractivity contribution is 7.89. The molecule has 0 bridgehead atoms. The standard InChI is InChI=1S/C19H19ClF3N3O3S/c20-15-4-2-5-16(12-15)24-18(27)13-25-7-9-26(10-8-25)30(28,29)17-6-1-3-14(11-17)19(21,22)23/h1-6,11-12H,7-10,13H2,(H,24,27). The summed E-state index contributed by atoms with van der Waals surface area (Å²) in [5, 5.41) is 3.20. The molecule has 0 saturated carbocycles. The molecule has 0 aromatic heterocycles. The number of hydrogen-bond acceptors (Lipinski definition) is 4. The van der Waals surface area contributed by atoms with Crippen LogP contribution < -0.4 is 5.32 Å². The third kappa shape index (κ3) is 5.51. The largest absolute Gasteiger partial charge is 0.416 e. The fourth-order valence-electron chi connectivity index (χ4n) is 3.08. The van der Waals surface area contributed by atoms with E-state index >= 15 is 0 Å². The quantitative estimate of drug-likeness (QED) is 0.741. The monoisotopic (exact) mass is 461 g/mol. The first-order chi connectivity index (χ1) is 14.1. The molecule has 1 fully saturated rings. The summed E-state index contributed by atoms with van der Waals surface area (Å²) in [5.41, 5.74) is -0.460. The van der Waals surface area contributed by atoms with Crippen molar-refractivity contribution < 1.29 is 26.4 Å². The van der Waals surface area contributed by atoms with Gasteiger partial charge in [0.05, 0.1) is 17.0 Å². The predicted molar refractivity (Wildman–Crippen MR) is 107 cm³/mol. The SMILES string of the molecule is O=C(CN1CCN(S(=O)(=O)c2cccc(C(F)(F)F)c2)CC1)Nc1cccc(Cl)c1. The second-order valence-electron chi connectivity index (χ2n) is 6.76. The van der Waals surface area contributed by atoms with Gasteiger partial charge in [0, 0.05) is 36.9 Å². The van der Waals surface area contributed by atoms with Crippen molar-refractivity contribution in [2.45, 2.75) is 11.1 Å². The van der Waals surface area contributed by atoms with Crippen LogP contribution in [0, 0.1) is 0 Å². The lowest BCUT2D eigenvalue weighted by Crippen LogP contribution is -2.50. The minimum Gasteiger partial charge on any atom is -0.325 e. The van der Waals surface area contributed by atoms with E-state index in [-0.39, 0.29) is 38.6 Å². The minimum atomic E-state index is -4.62. The zero-order valence-electron chi connectivity index (χ0n) is 15.7. The number of anilines is 1. The molecule has 2 aromatic carbocycles. The van der Waals surface area contributed by atoms with Crippen molar-refractivity contribution >= 4 is 33.2 Å². The molecule has 1 heterocycles. The molecular formula is C19H19ClF3N3O3S. The van der Waals surface area contributed by atoms with Gasteiger partial charge >= 0.3 is 6.18 Å². The van der Waals surface area contributed by atoms with Crippen molar-refractivity contribution in [3.8, 4) is 0 Å². The Morgan fingerprint density at radius 1 is 1.03 bits per heavy atom. The Labute approximate surface area is 177 Å². The zero-order valence-corrected chi connectivity index (χ0v) is 17.3. The molecule has 0 unspecified atom stereocenters. The highest BCUT2D eigenvalue weighted by Crippen LogP contribution is 2.31. The normalized spacial score (nSPS) is 16.4. The van der Waals surface area contributed by atoms with Gasteiger partial charge in [0.25, 0.3) is 0 Å². The van der Waals surface area contributed by atoms with E-state index in [1.807, 2.05) is 0 Å². The van der Waals surface area contributed by atoms with Crippen LogP contribution in [-0.2, 0) is 21.0 Å². The summed E-state index contributed by atoms with van der Waals surface area (Å²) >= 11 is 5.88. The van der Waals surface area contributed by atoms with Crippen molar-refractivity contribution in [3.05, 3.63) is 59.1 Å². The molecule has 11 heteroatoms. The predicted octanol–water partition coefficient (Wildman–Crippen LogP) is 3.30. The molecule has 3 rings (SSSR count). The first-order valence-corrected chi connectivity index (χ1v) is 10.8. The number of amides is 1. The molecule has 0 aliphatic carbocycles. The van der Waals surface area contributed by atoms with Crippen LogP contribution in [0.3, 0.4) is 0 Å². The molecule has 0 spiro atoms. The van der Waals surface area contributed by atoms with Crippen molar-refractivity contribution in [2.24, 2.45) is 0 Å². The lowest BCUT2D eigenvalue weighted by molar-refractivity contribution is -0.137. The van der Waals surface area contributed by atoms with Crippen LogP contribution in [0.4, 0.5) is 18.9 Å². The van der Waals surface area contributed by atoms with Gasteiger partial charge in [-0.3, -0.25) is 9.69 Å². The maximum absolute atomic E-state index is 12.9. The van der Waals surface area contributed by atoms with Crippen LogP contribution in [-0.4, -0.2) is 56.3 Å². The summed E-state index contributed by atoms with van der Waals surface area (Å²) < 4.78 is 65.2. The number of sulfonamides is 1. The van der Waals surface area contributed by atoms with E-state index in [0.717, 1.165) is 22.5 Å². The summed E-state index contributed by atoms with van der Waals surface area (Å²) in [5.74, 6) is -0.272. The summed E-state index contributed by atoms with van der Waals surface area (Å²) in [6.45, 7) is 0.762. The van der Waals surface area contributed by atoms with Crippen LogP contribution in [0.2, 0.25) is 5.02 Å². The van der Waals surface area contributed by atoms with E-state index in [1.54, 1.807) is 29.2 Å². The van der Waals surface area contributed by atoms with Crippen molar-refractivity contribution in [1.29, 1.82) is 0 Å². The number of hydrogen-bond donors (Lipinski definition) is 1. The number of nitrogens with one attached hydrogen (secondary N) is 1. The average Bonchev–Trinajstić information content (AvgIpc) is 2.68. The first-order valence-electron chi connectivity index (χ1n) is 9.01. The smallest absolute Gasteiger partial charge is 0.325 e. The summed E-state index contributed by atoms with van der Waals surface area (Å²) in [6.07, 6.45) is -4.62. The highest BCUT2D eigenvalue weighted by Gasteiger charge is 2.34. The van der Waals surface area contributed by atoms with Crippen molar-refractivity contribution in [2.75, 3.05) is 38.0 Å². The Morgan fingerprint density at radius 3 is 2.33 bits per heavy atom. The fourth-order valence-corrected chi connectivity index (χ4v) is 4.74. The van der Waals surface area contributed by atoms with E-state index in [0.29, 0.717) is 16.8 Å². The van der Waals surface area contributed by atoms with E-state index < -0.39 is 26.7 Å². The molecular weight excluding hydrogens is 443 g/mol. The molecule has 6 nitrogen and oxygen atoms in total. The highest BCUT2D eigenvalue weighted by atomic mass is 35.5. The Morgan fingerprint density at radius 2 is 1.70 bits per heavy atom. The zero-order chi connectivity index (χ0) is 21.9. The van der Waals surface area contributed by atoms with Gasteiger partial charge in [-0.2, -0.15) is 17.5 Å². The number of benzene rings is 2. The number of rotatable bonds is 5. The van der Waals surface area contributed by atoms with E-state index in [1.165, 1.54) is 0 Å². The Bertz CT molecular complexity index is 1020. The van der Waals surface area contributed by atoms with E-state index in [9.17, 15) is 26.4 Å². The molecule has 1 saturated heterocycles. The molecule has 1 N–H and O–H groups in total. The molecule has 0 radical (unpaired) electrons. The van der Waals surface area contributed by atoms with Gasteiger partial charge in [-0.05, 0) is 36.4 Å². The van der Waals surface area contributed by atoms with E-state index in [2.05, 4.69) is 5.32 Å². The maximum Gasteiger partial charge on any atom is 0.416 e. The molecule has 30 heavy (non-hydrogen) atoms. The number of halogens is 4. The van der Waals surface area contributed by atoms with Gasteiger partial charge in [0.2, 0.25) is 15.9 Å². The second kappa shape index (κ2) is 8.93. The minimum absolute atomic E-state index is 0.0595. The summed E-state index contributed by atoms with van der Waals surface area (Å²) in [4.78, 5) is 13.6. The van der Waals surface area contributed by atoms with Gasteiger partial charge in [0.15, 0.2) is 0 Å².